The van der Waals surface area contributed by atoms with Crippen molar-refractivity contribution in [3.8, 4) is 0 Å². The first-order chi connectivity index (χ1) is 9.72. The molecule has 6 heteroatoms. The molecule has 3 heterocycles. The fourth-order valence-electron chi connectivity index (χ4n) is 2.42. The molecule has 1 unspecified atom stereocenters. The van der Waals surface area contributed by atoms with E-state index in [0.717, 1.165) is 36.8 Å². The molecular formula is C14H16ClN5. The molecule has 1 saturated heterocycles. The average molecular weight is 290 g/mol. The number of pyridine rings is 1. The zero-order valence-electron chi connectivity index (χ0n) is 11.3. The van der Waals surface area contributed by atoms with Crippen LogP contribution < -0.4 is 10.2 Å². The third-order valence-electron chi connectivity index (χ3n) is 3.38. The van der Waals surface area contributed by atoms with Crippen molar-refractivity contribution in [2.75, 3.05) is 23.3 Å². The number of hydrogen-bond donors (Lipinski definition) is 1. The standard InChI is InChI=1S/C14H16ClN5/c1-10-7-13(18-9-17-10)19-11-4-6-20(8-11)14-12(15)3-2-5-16-14/h2-3,5,7,9,11H,4,6,8H2,1H3,(H,17,18,19). The van der Waals surface area contributed by atoms with Crippen LogP contribution in [0.25, 0.3) is 0 Å². The first-order valence-electron chi connectivity index (χ1n) is 6.63. The van der Waals surface area contributed by atoms with Crippen molar-refractivity contribution in [1.82, 2.24) is 15.0 Å². The number of rotatable bonds is 3. The largest absolute Gasteiger partial charge is 0.365 e. The Labute approximate surface area is 123 Å². The Morgan fingerprint density at radius 3 is 3.05 bits per heavy atom. The van der Waals surface area contributed by atoms with E-state index < -0.39 is 0 Å². The molecule has 0 radical (unpaired) electrons. The number of hydrogen-bond acceptors (Lipinski definition) is 5. The predicted molar refractivity (Wildman–Crippen MR) is 80.3 cm³/mol. The Hall–Kier alpha value is -1.88. The molecule has 5 nitrogen and oxygen atoms in total. The summed E-state index contributed by atoms with van der Waals surface area (Å²) in [6.07, 6.45) is 4.39. The smallest absolute Gasteiger partial charge is 0.147 e. The normalized spacial score (nSPS) is 18.3. The lowest BCUT2D eigenvalue weighted by atomic mass is 10.2. The van der Waals surface area contributed by atoms with Crippen molar-refractivity contribution >= 4 is 23.2 Å². The van der Waals surface area contributed by atoms with Gasteiger partial charge in [-0.05, 0) is 25.5 Å². The van der Waals surface area contributed by atoms with Gasteiger partial charge in [-0.2, -0.15) is 0 Å². The maximum absolute atomic E-state index is 6.19. The molecule has 1 aliphatic rings. The Morgan fingerprint density at radius 1 is 1.35 bits per heavy atom. The van der Waals surface area contributed by atoms with Gasteiger partial charge in [0.15, 0.2) is 0 Å². The van der Waals surface area contributed by atoms with Crippen LogP contribution in [0.2, 0.25) is 5.02 Å². The topological polar surface area (TPSA) is 53.9 Å². The minimum Gasteiger partial charge on any atom is -0.365 e. The molecule has 0 saturated carbocycles. The van der Waals surface area contributed by atoms with Crippen molar-refractivity contribution in [3.63, 3.8) is 0 Å². The second-order valence-corrected chi connectivity index (χ2v) is 5.34. The fraction of sp³-hybridized carbons (Fsp3) is 0.357. The van der Waals surface area contributed by atoms with Gasteiger partial charge in [0.05, 0.1) is 5.02 Å². The summed E-state index contributed by atoms with van der Waals surface area (Å²) in [6.45, 7) is 3.78. The highest BCUT2D eigenvalue weighted by Gasteiger charge is 2.24. The van der Waals surface area contributed by atoms with E-state index in [1.165, 1.54) is 0 Å². The van der Waals surface area contributed by atoms with Gasteiger partial charge in [0.1, 0.15) is 18.0 Å². The second kappa shape index (κ2) is 5.63. The lowest BCUT2D eigenvalue weighted by Gasteiger charge is -2.19. The lowest BCUT2D eigenvalue weighted by molar-refractivity contribution is 0.797. The highest BCUT2D eigenvalue weighted by Crippen LogP contribution is 2.26. The molecule has 0 bridgehead atoms. The minimum atomic E-state index is 0.349. The third kappa shape index (κ3) is 2.82. The van der Waals surface area contributed by atoms with E-state index in [-0.39, 0.29) is 0 Å². The fourth-order valence-corrected chi connectivity index (χ4v) is 2.66. The summed E-state index contributed by atoms with van der Waals surface area (Å²) in [5.74, 6) is 1.73. The van der Waals surface area contributed by atoms with Crippen LogP contribution in [0.15, 0.2) is 30.7 Å². The molecule has 0 aliphatic carbocycles. The molecule has 0 spiro atoms. The summed E-state index contributed by atoms with van der Waals surface area (Å²) in [4.78, 5) is 14.9. The van der Waals surface area contributed by atoms with Gasteiger partial charge in [0, 0.05) is 37.1 Å². The molecule has 1 N–H and O–H groups in total. The van der Waals surface area contributed by atoms with Gasteiger partial charge >= 0.3 is 0 Å². The van der Waals surface area contributed by atoms with E-state index in [2.05, 4.69) is 25.2 Å². The van der Waals surface area contributed by atoms with Crippen molar-refractivity contribution in [1.29, 1.82) is 0 Å². The van der Waals surface area contributed by atoms with Gasteiger partial charge in [-0.15, -0.1) is 0 Å². The first-order valence-corrected chi connectivity index (χ1v) is 7.01. The number of anilines is 2. The molecule has 1 fully saturated rings. The molecule has 1 aliphatic heterocycles. The van der Waals surface area contributed by atoms with E-state index in [1.54, 1.807) is 12.5 Å². The Balaban J connectivity index is 1.67. The molecule has 0 amide bonds. The van der Waals surface area contributed by atoms with E-state index in [1.807, 2.05) is 25.1 Å². The molecule has 104 valence electrons. The summed E-state index contributed by atoms with van der Waals surface area (Å²) in [5, 5.41) is 4.14. The number of halogens is 1. The van der Waals surface area contributed by atoms with Crippen LogP contribution in [0.4, 0.5) is 11.6 Å². The second-order valence-electron chi connectivity index (χ2n) is 4.93. The number of aryl methyl sites for hydroxylation is 1. The molecule has 2 aromatic heterocycles. The van der Waals surface area contributed by atoms with E-state index >= 15 is 0 Å². The van der Waals surface area contributed by atoms with Crippen molar-refractivity contribution in [2.45, 2.75) is 19.4 Å². The van der Waals surface area contributed by atoms with Crippen molar-refractivity contribution in [3.05, 3.63) is 41.4 Å². The van der Waals surface area contributed by atoms with Crippen LogP contribution in [0.1, 0.15) is 12.1 Å². The lowest BCUT2D eigenvalue weighted by Crippen LogP contribution is -2.27. The van der Waals surface area contributed by atoms with E-state index in [4.69, 9.17) is 11.6 Å². The van der Waals surface area contributed by atoms with E-state index in [0.29, 0.717) is 11.1 Å². The van der Waals surface area contributed by atoms with Crippen LogP contribution in [0.3, 0.4) is 0 Å². The maximum atomic E-state index is 6.19. The summed E-state index contributed by atoms with van der Waals surface area (Å²) < 4.78 is 0. The van der Waals surface area contributed by atoms with Gasteiger partial charge in [-0.3, -0.25) is 0 Å². The van der Waals surface area contributed by atoms with Crippen molar-refractivity contribution < 1.29 is 0 Å². The minimum absolute atomic E-state index is 0.349. The van der Waals surface area contributed by atoms with Crippen LogP contribution in [-0.2, 0) is 0 Å². The number of nitrogens with zero attached hydrogens (tertiary/aromatic N) is 4. The van der Waals surface area contributed by atoms with Gasteiger partial charge in [0.2, 0.25) is 0 Å². The van der Waals surface area contributed by atoms with Crippen molar-refractivity contribution in [2.24, 2.45) is 0 Å². The Bertz CT molecular complexity index is 604. The summed E-state index contributed by atoms with van der Waals surface area (Å²) in [7, 11) is 0. The molecule has 1 atom stereocenters. The quantitative estimate of drug-likeness (QED) is 0.941. The molecule has 20 heavy (non-hydrogen) atoms. The van der Waals surface area contributed by atoms with E-state index in [9.17, 15) is 0 Å². The van der Waals surface area contributed by atoms with Gasteiger partial charge in [-0.25, -0.2) is 15.0 Å². The Morgan fingerprint density at radius 2 is 2.25 bits per heavy atom. The predicted octanol–water partition coefficient (Wildman–Crippen LogP) is 2.52. The third-order valence-corrected chi connectivity index (χ3v) is 3.68. The van der Waals surface area contributed by atoms with Crippen LogP contribution in [0.5, 0.6) is 0 Å². The first kappa shape index (κ1) is 13.1. The highest BCUT2D eigenvalue weighted by atomic mass is 35.5. The zero-order chi connectivity index (χ0) is 13.9. The summed E-state index contributed by atoms with van der Waals surface area (Å²) in [5.41, 5.74) is 0.963. The molecule has 0 aromatic carbocycles. The monoisotopic (exact) mass is 289 g/mol. The summed E-state index contributed by atoms with van der Waals surface area (Å²) >= 11 is 6.19. The zero-order valence-corrected chi connectivity index (χ0v) is 12.0. The van der Waals surface area contributed by atoms with Gasteiger partial charge in [0.25, 0.3) is 0 Å². The summed E-state index contributed by atoms with van der Waals surface area (Å²) in [6, 6.07) is 6.03. The molecule has 2 aromatic rings. The van der Waals surface area contributed by atoms with Crippen LogP contribution >= 0.6 is 11.6 Å². The molecular weight excluding hydrogens is 274 g/mol. The Kier molecular flexibility index (Phi) is 3.69. The van der Waals surface area contributed by atoms with Gasteiger partial charge < -0.3 is 10.2 Å². The van der Waals surface area contributed by atoms with Crippen LogP contribution in [0, 0.1) is 6.92 Å². The van der Waals surface area contributed by atoms with Gasteiger partial charge in [-0.1, -0.05) is 11.6 Å². The van der Waals surface area contributed by atoms with Crippen LogP contribution in [-0.4, -0.2) is 34.1 Å². The number of aromatic nitrogens is 3. The maximum Gasteiger partial charge on any atom is 0.147 e. The number of nitrogens with one attached hydrogen (secondary N) is 1. The molecule has 3 rings (SSSR count). The highest BCUT2D eigenvalue weighted by molar-refractivity contribution is 6.32. The average Bonchev–Trinajstić information content (AvgIpc) is 2.87. The SMILES string of the molecule is Cc1cc(NC2CCN(c3ncccc3Cl)C2)ncn1.